The van der Waals surface area contributed by atoms with Crippen molar-refractivity contribution < 1.29 is 22.4 Å². The lowest BCUT2D eigenvalue weighted by Crippen LogP contribution is -2.22. The molecule has 1 N–H and O–H groups in total. The molecule has 1 amide bonds. The van der Waals surface area contributed by atoms with Crippen molar-refractivity contribution in [2.45, 2.75) is 5.16 Å². The zero-order valence-corrected chi connectivity index (χ0v) is 17.0. The zero-order valence-electron chi connectivity index (χ0n) is 15.4. The summed E-state index contributed by atoms with van der Waals surface area (Å²) in [5.74, 6) is -4.74. The van der Waals surface area contributed by atoms with Crippen LogP contribution in [-0.4, -0.2) is 21.2 Å². The van der Waals surface area contributed by atoms with Crippen molar-refractivity contribution in [2.24, 2.45) is 0 Å². The number of hydrogen-bond acceptors (Lipinski definition) is 5. The number of fused-ring (bicyclic) bond motifs is 1. The number of nitrogens with zero attached hydrogens (tertiary/aromatic N) is 2. The fourth-order valence-corrected chi connectivity index (χ4v) is 4.36. The lowest BCUT2D eigenvalue weighted by molar-refractivity contribution is -0.113. The van der Waals surface area contributed by atoms with Crippen LogP contribution in [-0.2, 0) is 4.79 Å². The SMILES string of the molecule is O=C(CSc1nc2ccsc2c(=O)n1-c1cc(F)cc(F)c1)Nc1ccc(F)c(F)c1. The lowest BCUT2D eigenvalue weighted by Gasteiger charge is -2.12. The predicted molar refractivity (Wildman–Crippen MR) is 111 cm³/mol. The highest BCUT2D eigenvalue weighted by atomic mass is 32.2. The third-order valence-electron chi connectivity index (χ3n) is 4.09. The fraction of sp³-hybridized carbons (Fsp3) is 0.0500. The lowest BCUT2D eigenvalue weighted by atomic mass is 10.3. The molecule has 4 rings (SSSR count). The second-order valence-electron chi connectivity index (χ2n) is 6.26. The second kappa shape index (κ2) is 8.52. The molecule has 11 heteroatoms. The Kier molecular flexibility index (Phi) is 5.79. The molecular weight excluding hydrogens is 454 g/mol. The van der Waals surface area contributed by atoms with Crippen LogP contribution >= 0.6 is 23.1 Å². The molecular formula is C20H11F4N3O2S2. The molecule has 2 aromatic heterocycles. The maximum absolute atomic E-state index is 13.7. The van der Waals surface area contributed by atoms with Gasteiger partial charge in [-0.05, 0) is 35.7 Å². The molecule has 0 saturated heterocycles. The molecule has 0 fully saturated rings. The van der Waals surface area contributed by atoms with E-state index in [-0.39, 0.29) is 22.3 Å². The number of aromatic nitrogens is 2. The predicted octanol–water partition coefficient (Wildman–Crippen LogP) is 4.73. The van der Waals surface area contributed by atoms with E-state index in [1.165, 1.54) is 6.07 Å². The Labute approximate surface area is 180 Å². The van der Waals surface area contributed by atoms with Crippen LogP contribution < -0.4 is 10.9 Å². The summed E-state index contributed by atoms with van der Waals surface area (Å²) >= 11 is 1.98. The highest BCUT2D eigenvalue weighted by Gasteiger charge is 2.17. The molecule has 0 aliphatic heterocycles. The van der Waals surface area contributed by atoms with E-state index in [2.05, 4.69) is 10.3 Å². The van der Waals surface area contributed by atoms with E-state index >= 15 is 0 Å². The molecule has 0 atom stereocenters. The number of carbonyl (C=O) groups excluding carboxylic acids is 1. The van der Waals surface area contributed by atoms with Crippen molar-refractivity contribution in [1.82, 2.24) is 9.55 Å². The van der Waals surface area contributed by atoms with Gasteiger partial charge in [0.1, 0.15) is 16.3 Å². The summed E-state index contributed by atoms with van der Waals surface area (Å²) in [5, 5.41) is 4.10. The van der Waals surface area contributed by atoms with Crippen molar-refractivity contribution in [2.75, 3.05) is 11.1 Å². The van der Waals surface area contributed by atoms with E-state index in [1.807, 2.05) is 0 Å². The maximum Gasteiger partial charge on any atom is 0.276 e. The van der Waals surface area contributed by atoms with Crippen molar-refractivity contribution in [3.8, 4) is 5.69 Å². The van der Waals surface area contributed by atoms with Crippen LogP contribution in [0.15, 0.2) is 57.8 Å². The summed E-state index contributed by atoms with van der Waals surface area (Å²) in [6, 6.07) is 7.16. The van der Waals surface area contributed by atoms with Gasteiger partial charge >= 0.3 is 0 Å². The Morgan fingerprint density at radius 1 is 1.03 bits per heavy atom. The fourth-order valence-electron chi connectivity index (χ4n) is 2.79. The zero-order chi connectivity index (χ0) is 22.1. The average molecular weight is 465 g/mol. The molecule has 5 nitrogen and oxygen atoms in total. The van der Waals surface area contributed by atoms with E-state index < -0.39 is 34.7 Å². The topological polar surface area (TPSA) is 64.0 Å². The van der Waals surface area contributed by atoms with Crippen molar-refractivity contribution in [3.63, 3.8) is 0 Å². The first-order chi connectivity index (χ1) is 14.8. The van der Waals surface area contributed by atoms with Gasteiger partial charge in [-0.2, -0.15) is 0 Å². The first-order valence-electron chi connectivity index (χ1n) is 8.66. The van der Waals surface area contributed by atoms with Crippen molar-refractivity contribution in [3.05, 3.63) is 81.5 Å². The highest BCUT2D eigenvalue weighted by molar-refractivity contribution is 7.99. The third kappa shape index (κ3) is 4.47. The minimum absolute atomic E-state index is 0.0429. The number of thiophene rings is 1. The molecule has 0 aliphatic carbocycles. The van der Waals surface area contributed by atoms with Crippen LogP contribution in [0.5, 0.6) is 0 Å². The summed E-state index contributed by atoms with van der Waals surface area (Å²) in [5.41, 5.74) is -0.177. The number of thioether (sulfide) groups is 1. The van der Waals surface area contributed by atoms with Gasteiger partial charge in [0.05, 0.1) is 17.0 Å². The molecule has 0 unspecified atom stereocenters. The van der Waals surface area contributed by atoms with E-state index in [0.29, 0.717) is 16.3 Å². The molecule has 0 spiro atoms. The largest absolute Gasteiger partial charge is 0.325 e. The monoisotopic (exact) mass is 465 g/mol. The summed E-state index contributed by atoms with van der Waals surface area (Å²) in [6.45, 7) is 0. The van der Waals surface area contributed by atoms with Gasteiger partial charge < -0.3 is 5.32 Å². The summed E-state index contributed by atoms with van der Waals surface area (Å²) in [6.07, 6.45) is 0. The maximum atomic E-state index is 13.7. The van der Waals surface area contributed by atoms with Gasteiger partial charge in [-0.25, -0.2) is 22.5 Å². The van der Waals surface area contributed by atoms with E-state index in [0.717, 1.165) is 51.9 Å². The number of anilines is 1. The van der Waals surface area contributed by atoms with E-state index in [1.54, 1.807) is 11.4 Å². The number of benzene rings is 2. The number of halogens is 4. The molecule has 2 aromatic carbocycles. The van der Waals surface area contributed by atoms with Crippen LogP contribution in [0.2, 0.25) is 0 Å². The summed E-state index contributed by atoms with van der Waals surface area (Å²) < 4.78 is 55.1. The standard InChI is InChI=1S/C20H11F4N3O2S2/c21-10-5-11(22)7-13(6-10)27-19(29)18-16(3-4-30-18)26-20(27)31-9-17(28)25-12-1-2-14(23)15(24)8-12/h1-8H,9H2,(H,25,28). The molecule has 0 saturated carbocycles. The van der Waals surface area contributed by atoms with Gasteiger partial charge in [0.2, 0.25) is 5.91 Å². The van der Waals surface area contributed by atoms with Crippen LogP contribution in [0.4, 0.5) is 23.2 Å². The minimum Gasteiger partial charge on any atom is -0.325 e. The van der Waals surface area contributed by atoms with Gasteiger partial charge in [0.15, 0.2) is 16.8 Å². The van der Waals surface area contributed by atoms with Gasteiger partial charge in [0, 0.05) is 17.8 Å². The van der Waals surface area contributed by atoms with E-state index in [4.69, 9.17) is 0 Å². The Hall–Kier alpha value is -3.18. The number of amides is 1. The van der Waals surface area contributed by atoms with Crippen LogP contribution in [0.3, 0.4) is 0 Å². The number of rotatable bonds is 5. The first-order valence-corrected chi connectivity index (χ1v) is 10.5. The minimum atomic E-state index is -1.11. The normalized spacial score (nSPS) is 11.1. The van der Waals surface area contributed by atoms with Crippen molar-refractivity contribution >= 4 is 44.9 Å². The molecule has 0 aliphatic rings. The molecule has 31 heavy (non-hydrogen) atoms. The summed E-state index contributed by atoms with van der Waals surface area (Å²) in [7, 11) is 0. The number of hydrogen-bond donors (Lipinski definition) is 1. The van der Waals surface area contributed by atoms with Gasteiger partial charge in [-0.15, -0.1) is 11.3 Å². The molecule has 4 aromatic rings. The Morgan fingerprint density at radius 3 is 2.48 bits per heavy atom. The average Bonchev–Trinajstić information content (AvgIpc) is 3.17. The van der Waals surface area contributed by atoms with Crippen molar-refractivity contribution in [1.29, 1.82) is 0 Å². The van der Waals surface area contributed by atoms with Gasteiger partial charge in [0.25, 0.3) is 5.56 Å². The molecule has 0 bridgehead atoms. The van der Waals surface area contributed by atoms with Gasteiger partial charge in [-0.3, -0.25) is 14.2 Å². The Morgan fingerprint density at radius 2 is 1.77 bits per heavy atom. The highest BCUT2D eigenvalue weighted by Crippen LogP contribution is 2.25. The number of carbonyl (C=O) groups is 1. The third-order valence-corrected chi connectivity index (χ3v) is 5.92. The smallest absolute Gasteiger partial charge is 0.276 e. The summed E-state index contributed by atoms with van der Waals surface area (Å²) in [4.78, 5) is 29.5. The quantitative estimate of drug-likeness (QED) is 0.263. The molecule has 2 heterocycles. The second-order valence-corrected chi connectivity index (χ2v) is 8.12. The Balaban J connectivity index is 1.65. The van der Waals surface area contributed by atoms with Crippen LogP contribution in [0.25, 0.3) is 15.9 Å². The molecule has 0 radical (unpaired) electrons. The van der Waals surface area contributed by atoms with Crippen LogP contribution in [0.1, 0.15) is 0 Å². The van der Waals surface area contributed by atoms with E-state index in [9.17, 15) is 27.2 Å². The number of nitrogens with one attached hydrogen (secondary N) is 1. The van der Waals surface area contributed by atoms with Crippen LogP contribution in [0, 0.1) is 23.3 Å². The van der Waals surface area contributed by atoms with Gasteiger partial charge in [-0.1, -0.05) is 11.8 Å². The Bertz CT molecular complexity index is 1350. The molecule has 158 valence electrons. The first kappa shape index (κ1) is 21.1.